The molecule has 0 fully saturated rings. The van der Waals surface area contributed by atoms with Gasteiger partial charge in [0.1, 0.15) is 11.8 Å². The van der Waals surface area contributed by atoms with Crippen molar-refractivity contribution in [2.45, 2.75) is 98.6 Å². The van der Waals surface area contributed by atoms with E-state index in [0.717, 1.165) is 0 Å². The van der Waals surface area contributed by atoms with E-state index in [9.17, 15) is 28.6 Å². The van der Waals surface area contributed by atoms with E-state index in [1.807, 2.05) is 33.8 Å². The van der Waals surface area contributed by atoms with Crippen LogP contribution < -0.4 is 16.0 Å². The lowest BCUT2D eigenvalue weighted by Crippen LogP contribution is -2.57. The molecule has 0 bridgehead atoms. The number of ether oxygens (including phenoxy) is 1. The molecule has 5 unspecified atom stereocenters. The van der Waals surface area contributed by atoms with E-state index < -0.39 is 55.3 Å². The van der Waals surface area contributed by atoms with Gasteiger partial charge in [-0.25, -0.2) is 4.79 Å². The third kappa shape index (κ3) is 12.7. The molecule has 0 aromatic heterocycles. The van der Waals surface area contributed by atoms with Crippen LogP contribution in [0.25, 0.3) is 0 Å². The lowest BCUT2D eigenvalue weighted by atomic mass is 10.00. The van der Waals surface area contributed by atoms with Crippen molar-refractivity contribution in [2.75, 3.05) is 7.11 Å². The molecular weight excluding hydrogens is 561 g/mol. The predicted molar refractivity (Wildman–Crippen MR) is 161 cm³/mol. The van der Waals surface area contributed by atoms with Crippen LogP contribution in [0.5, 0.6) is 0 Å². The number of methoxy groups -OCH3 is 1. The molecule has 1 rings (SSSR count). The first-order valence-corrected chi connectivity index (χ1v) is 16.2. The molecule has 0 spiro atoms. The summed E-state index contributed by atoms with van der Waals surface area (Å²) >= 11 is 0. The number of rotatable bonds is 17. The maximum absolute atomic E-state index is 13.7. The van der Waals surface area contributed by atoms with Gasteiger partial charge in [0.15, 0.2) is 6.10 Å². The highest BCUT2D eigenvalue weighted by Gasteiger charge is 2.41. The topological polar surface area (TPSA) is 160 Å². The van der Waals surface area contributed by atoms with Crippen molar-refractivity contribution in [1.82, 2.24) is 16.0 Å². The molecule has 238 valence electrons. The summed E-state index contributed by atoms with van der Waals surface area (Å²) in [5.41, 5.74) is 0.708. The van der Waals surface area contributed by atoms with Gasteiger partial charge in [0.2, 0.25) is 17.7 Å². The third-order valence-electron chi connectivity index (χ3n) is 6.52. The minimum Gasteiger partial charge on any atom is -0.467 e. The van der Waals surface area contributed by atoms with Gasteiger partial charge in [-0.2, -0.15) is 0 Å². The minimum absolute atomic E-state index is 0.00811. The number of carbonyl (C=O) groups is 4. The lowest BCUT2D eigenvalue weighted by Gasteiger charge is -2.32. The van der Waals surface area contributed by atoms with Gasteiger partial charge in [-0.05, 0) is 35.7 Å². The molecule has 12 heteroatoms. The molecule has 3 amide bonds. The van der Waals surface area contributed by atoms with E-state index >= 15 is 0 Å². The van der Waals surface area contributed by atoms with Crippen LogP contribution in [0.15, 0.2) is 30.3 Å². The molecule has 1 aromatic carbocycles. The summed E-state index contributed by atoms with van der Waals surface area (Å²) < 4.78 is 24.1. The van der Waals surface area contributed by atoms with E-state index in [1.54, 1.807) is 52.0 Å². The Bertz CT molecular complexity index is 1080. The van der Waals surface area contributed by atoms with Crippen molar-refractivity contribution in [2.24, 2.45) is 23.7 Å². The van der Waals surface area contributed by atoms with Crippen LogP contribution in [0, 0.1) is 23.7 Å². The Balaban J connectivity index is 3.19. The number of amides is 3. The summed E-state index contributed by atoms with van der Waals surface area (Å²) in [6.45, 7) is 14.4. The zero-order chi connectivity index (χ0) is 32.2. The van der Waals surface area contributed by atoms with E-state index in [0.29, 0.717) is 5.56 Å². The first-order valence-electron chi connectivity index (χ1n) is 14.5. The SMILES string of the molecule is COC(=O)C(Cc1ccccc1)OP(=O)(O)C(CC(C)C)NC(C(=O)NC(=O)C(NC(=O)CC(C)C)C(C)C)C(C)C. The van der Waals surface area contributed by atoms with Gasteiger partial charge in [0, 0.05) is 12.8 Å². The van der Waals surface area contributed by atoms with E-state index in [-0.39, 0.29) is 42.9 Å². The highest BCUT2D eigenvalue weighted by atomic mass is 31.2. The van der Waals surface area contributed by atoms with Gasteiger partial charge >= 0.3 is 13.6 Å². The molecule has 1 aromatic rings. The second kappa shape index (κ2) is 17.5. The fourth-order valence-corrected chi connectivity index (χ4v) is 6.02. The highest BCUT2D eigenvalue weighted by Crippen LogP contribution is 2.50. The number of imide groups is 1. The summed E-state index contributed by atoms with van der Waals surface area (Å²) in [5.74, 6) is -4.40. The summed E-state index contributed by atoms with van der Waals surface area (Å²) in [7, 11) is -3.42. The number of hydrogen-bond donors (Lipinski definition) is 4. The number of hydrogen-bond acceptors (Lipinski definition) is 8. The van der Waals surface area contributed by atoms with Crippen molar-refractivity contribution in [3.05, 3.63) is 35.9 Å². The van der Waals surface area contributed by atoms with Crippen molar-refractivity contribution in [1.29, 1.82) is 0 Å². The quantitative estimate of drug-likeness (QED) is 0.152. The maximum atomic E-state index is 13.7. The summed E-state index contributed by atoms with van der Waals surface area (Å²) in [6.07, 6.45) is -0.982. The Morgan fingerprint density at radius 1 is 0.857 bits per heavy atom. The number of nitrogens with one attached hydrogen (secondary N) is 3. The first-order chi connectivity index (χ1) is 19.5. The van der Waals surface area contributed by atoms with E-state index in [1.165, 1.54) is 7.11 Å². The Kier molecular flexibility index (Phi) is 15.6. The Morgan fingerprint density at radius 3 is 1.88 bits per heavy atom. The molecule has 0 saturated carbocycles. The van der Waals surface area contributed by atoms with Crippen molar-refractivity contribution >= 4 is 31.3 Å². The van der Waals surface area contributed by atoms with Crippen molar-refractivity contribution in [3.8, 4) is 0 Å². The Hall–Kier alpha value is -2.59. The molecule has 0 radical (unpaired) electrons. The smallest absolute Gasteiger partial charge is 0.345 e. The number of esters is 1. The molecule has 42 heavy (non-hydrogen) atoms. The number of carbonyl (C=O) groups excluding carboxylic acids is 4. The zero-order valence-electron chi connectivity index (χ0n) is 26.4. The van der Waals surface area contributed by atoms with E-state index in [2.05, 4.69) is 16.0 Å². The van der Waals surface area contributed by atoms with Crippen LogP contribution in [0.3, 0.4) is 0 Å². The van der Waals surface area contributed by atoms with Crippen LogP contribution in [0.2, 0.25) is 0 Å². The molecule has 0 aliphatic carbocycles. The maximum Gasteiger partial charge on any atom is 0.345 e. The summed E-state index contributed by atoms with van der Waals surface area (Å²) in [4.78, 5) is 62.5. The number of benzene rings is 1. The molecular formula is C30H50N3O8P. The first kappa shape index (κ1) is 37.4. The van der Waals surface area contributed by atoms with Gasteiger partial charge in [0.25, 0.3) is 0 Å². The van der Waals surface area contributed by atoms with Crippen LogP contribution in [0.4, 0.5) is 0 Å². The standard InChI is InChI=1S/C30H50N3O8P/c1-18(2)15-24(34)31-26(20(5)6)28(35)33-29(36)27(21(7)8)32-25(16-19(3)4)42(38,39)41-23(30(37)40-9)17-22-13-11-10-12-14-22/h10-14,18-21,23,25-27,32H,15-17H2,1-9H3,(H,31,34)(H,38,39)(H,33,35,36). The minimum atomic E-state index is -4.59. The average molecular weight is 612 g/mol. The normalized spacial score (nSPS) is 16.0. The van der Waals surface area contributed by atoms with Crippen LogP contribution >= 0.6 is 7.60 Å². The second-order valence-corrected chi connectivity index (χ2v) is 14.1. The summed E-state index contributed by atoms with van der Waals surface area (Å²) in [6, 6.07) is 6.88. The molecule has 0 aliphatic rings. The third-order valence-corrected chi connectivity index (χ3v) is 8.23. The fourth-order valence-electron chi connectivity index (χ4n) is 4.31. The van der Waals surface area contributed by atoms with Crippen LogP contribution in [-0.4, -0.2) is 59.7 Å². The largest absolute Gasteiger partial charge is 0.467 e. The van der Waals surface area contributed by atoms with Gasteiger partial charge in [-0.15, -0.1) is 0 Å². The van der Waals surface area contributed by atoms with E-state index in [4.69, 9.17) is 9.26 Å². The average Bonchev–Trinajstić information content (AvgIpc) is 2.87. The van der Waals surface area contributed by atoms with Gasteiger partial charge < -0.3 is 14.9 Å². The molecule has 0 saturated heterocycles. The molecule has 11 nitrogen and oxygen atoms in total. The monoisotopic (exact) mass is 611 g/mol. The van der Waals surface area contributed by atoms with Crippen LogP contribution in [0.1, 0.15) is 73.8 Å². The molecule has 5 atom stereocenters. The summed E-state index contributed by atoms with van der Waals surface area (Å²) in [5, 5.41) is 8.02. The fraction of sp³-hybridized carbons (Fsp3) is 0.667. The molecule has 4 N–H and O–H groups in total. The Morgan fingerprint density at radius 2 is 1.40 bits per heavy atom. The van der Waals surface area contributed by atoms with Crippen molar-refractivity contribution < 1.29 is 37.9 Å². The Labute approximate surface area is 250 Å². The van der Waals surface area contributed by atoms with Crippen LogP contribution in [-0.2, 0) is 39.4 Å². The zero-order valence-corrected chi connectivity index (χ0v) is 27.3. The van der Waals surface area contributed by atoms with Gasteiger partial charge in [0.05, 0.1) is 13.2 Å². The van der Waals surface area contributed by atoms with Gasteiger partial charge in [-0.1, -0.05) is 85.7 Å². The lowest BCUT2D eigenvalue weighted by molar-refractivity contribution is -0.149. The highest BCUT2D eigenvalue weighted by molar-refractivity contribution is 7.53. The van der Waals surface area contributed by atoms with Gasteiger partial charge in [-0.3, -0.25) is 34.1 Å². The van der Waals surface area contributed by atoms with Crippen molar-refractivity contribution in [3.63, 3.8) is 0 Å². The second-order valence-electron chi connectivity index (χ2n) is 12.1. The molecule has 0 heterocycles. The predicted octanol–water partition coefficient (Wildman–Crippen LogP) is 3.79. The molecule has 0 aliphatic heterocycles.